The number of anilines is 1. The highest BCUT2D eigenvalue weighted by atomic mass is 35.5. The highest BCUT2D eigenvalue weighted by Gasteiger charge is 2.16. The zero-order valence-corrected chi connectivity index (χ0v) is 17.7. The fraction of sp³-hybridized carbons (Fsp3) is 0.318. The van der Waals surface area contributed by atoms with Gasteiger partial charge in [-0.05, 0) is 42.7 Å². The molecule has 0 atom stereocenters. The molecule has 0 saturated carbocycles. The van der Waals surface area contributed by atoms with Gasteiger partial charge in [-0.2, -0.15) is 0 Å². The van der Waals surface area contributed by atoms with Gasteiger partial charge in [0.25, 0.3) is 0 Å². The summed E-state index contributed by atoms with van der Waals surface area (Å²) in [5.74, 6) is 3.06. The number of amides is 1. The van der Waals surface area contributed by atoms with Gasteiger partial charge in [0.15, 0.2) is 5.82 Å². The van der Waals surface area contributed by atoms with Crippen molar-refractivity contribution in [2.75, 3.05) is 11.1 Å². The molecule has 1 aliphatic heterocycles. The Bertz CT molecular complexity index is 1000. The highest BCUT2D eigenvalue weighted by molar-refractivity contribution is 7.99. The van der Waals surface area contributed by atoms with Crippen molar-refractivity contribution in [2.24, 2.45) is 0 Å². The third kappa shape index (κ3) is 5.19. The van der Waals surface area contributed by atoms with E-state index in [0.717, 1.165) is 58.6 Å². The molecule has 0 unspecified atom stereocenters. The van der Waals surface area contributed by atoms with Gasteiger partial charge >= 0.3 is 0 Å². The third-order valence-corrected chi connectivity index (χ3v) is 6.14. The van der Waals surface area contributed by atoms with Crippen molar-refractivity contribution in [3.05, 3.63) is 64.9 Å². The summed E-state index contributed by atoms with van der Waals surface area (Å²) in [6, 6.07) is 15.6. The van der Waals surface area contributed by atoms with E-state index in [1.807, 2.05) is 48.5 Å². The van der Waals surface area contributed by atoms with Crippen LogP contribution in [0.5, 0.6) is 0 Å². The molecule has 5 nitrogen and oxygen atoms in total. The topological polar surface area (TPSA) is 59.8 Å². The van der Waals surface area contributed by atoms with Crippen LogP contribution in [0, 0.1) is 0 Å². The Morgan fingerprint density at radius 1 is 1.10 bits per heavy atom. The first-order valence-corrected chi connectivity index (χ1v) is 11.4. The van der Waals surface area contributed by atoms with Crippen molar-refractivity contribution in [3.8, 4) is 11.4 Å². The number of halogens is 1. The van der Waals surface area contributed by atoms with Gasteiger partial charge in [-0.1, -0.05) is 42.3 Å². The molecular formula is C22H23ClN4OS. The van der Waals surface area contributed by atoms with E-state index in [1.54, 1.807) is 11.8 Å². The number of fused-ring (bicyclic) bond motifs is 1. The van der Waals surface area contributed by atoms with Crippen LogP contribution >= 0.6 is 23.4 Å². The van der Waals surface area contributed by atoms with Gasteiger partial charge in [-0.15, -0.1) is 22.0 Å². The molecule has 0 aliphatic carbocycles. The monoisotopic (exact) mass is 426 g/mol. The van der Waals surface area contributed by atoms with Crippen LogP contribution < -0.4 is 5.32 Å². The Balaban J connectivity index is 1.38. The second-order valence-corrected chi connectivity index (χ2v) is 8.58. The average molecular weight is 427 g/mol. The Hall–Kier alpha value is -2.31. The van der Waals surface area contributed by atoms with Crippen molar-refractivity contribution in [2.45, 2.75) is 38.0 Å². The van der Waals surface area contributed by atoms with E-state index in [0.29, 0.717) is 5.75 Å². The molecule has 3 aromatic rings. The molecule has 29 heavy (non-hydrogen) atoms. The first kappa shape index (κ1) is 20.0. The molecule has 0 radical (unpaired) electrons. The quantitative estimate of drug-likeness (QED) is 0.588. The Kier molecular flexibility index (Phi) is 6.52. The molecule has 0 bridgehead atoms. The largest absolute Gasteiger partial charge is 0.325 e. The van der Waals surface area contributed by atoms with Crippen molar-refractivity contribution in [3.63, 3.8) is 0 Å². The number of nitrogens with zero attached hydrogens (tertiary/aromatic N) is 3. The number of thioether (sulfide) groups is 1. The fourth-order valence-corrected chi connectivity index (χ4v) is 4.51. The van der Waals surface area contributed by atoms with E-state index in [1.165, 1.54) is 12.8 Å². The van der Waals surface area contributed by atoms with Crippen LogP contribution in [-0.4, -0.2) is 26.4 Å². The van der Waals surface area contributed by atoms with Crippen LogP contribution in [0.25, 0.3) is 11.4 Å². The molecule has 0 fully saturated rings. The minimum absolute atomic E-state index is 0.0192. The summed E-state index contributed by atoms with van der Waals surface area (Å²) in [4.78, 5) is 12.4. The minimum Gasteiger partial charge on any atom is -0.325 e. The van der Waals surface area contributed by atoms with Crippen molar-refractivity contribution in [1.82, 2.24) is 14.8 Å². The molecule has 1 aromatic heterocycles. The average Bonchev–Trinajstić information content (AvgIpc) is 2.97. The first-order valence-electron chi connectivity index (χ1n) is 9.83. The lowest BCUT2D eigenvalue weighted by Crippen LogP contribution is -2.14. The van der Waals surface area contributed by atoms with E-state index >= 15 is 0 Å². The van der Waals surface area contributed by atoms with Gasteiger partial charge in [-0.25, -0.2) is 0 Å². The van der Waals surface area contributed by atoms with E-state index < -0.39 is 0 Å². The number of aromatic nitrogens is 3. The van der Waals surface area contributed by atoms with Crippen molar-refractivity contribution in [1.29, 1.82) is 0 Å². The molecule has 1 amide bonds. The minimum atomic E-state index is -0.0192. The summed E-state index contributed by atoms with van der Waals surface area (Å²) < 4.78 is 2.22. The van der Waals surface area contributed by atoms with E-state index in [4.69, 9.17) is 11.6 Å². The molecule has 4 rings (SSSR count). The molecule has 7 heteroatoms. The molecule has 1 N–H and O–H groups in total. The standard InChI is InChI=1S/C22H23ClN4OS/c23-18-8-4-6-16(12-18)14-29-15-21(28)24-19-9-5-7-17(13-19)22-26-25-20-10-2-1-3-11-27(20)22/h4-9,12-13H,1-3,10-11,14-15H2,(H,24,28). The van der Waals surface area contributed by atoms with Crippen LogP contribution in [0.1, 0.15) is 30.7 Å². The number of rotatable bonds is 6. The molecule has 0 spiro atoms. The second-order valence-electron chi connectivity index (χ2n) is 7.15. The molecule has 150 valence electrons. The maximum atomic E-state index is 12.4. The number of hydrogen-bond acceptors (Lipinski definition) is 4. The number of hydrogen-bond donors (Lipinski definition) is 1. The maximum Gasteiger partial charge on any atom is 0.234 e. The van der Waals surface area contributed by atoms with Crippen LogP contribution in [0.4, 0.5) is 5.69 Å². The van der Waals surface area contributed by atoms with Crippen LogP contribution in [0.2, 0.25) is 5.02 Å². The molecular weight excluding hydrogens is 404 g/mol. The number of benzene rings is 2. The highest BCUT2D eigenvalue weighted by Crippen LogP contribution is 2.25. The molecule has 2 heterocycles. The van der Waals surface area contributed by atoms with Crippen LogP contribution in [0.15, 0.2) is 48.5 Å². The van der Waals surface area contributed by atoms with E-state index in [2.05, 4.69) is 20.1 Å². The predicted octanol–water partition coefficient (Wildman–Crippen LogP) is 5.20. The number of carbonyl (C=O) groups excluding carboxylic acids is 1. The van der Waals surface area contributed by atoms with Crippen LogP contribution in [-0.2, 0) is 23.5 Å². The van der Waals surface area contributed by atoms with Gasteiger partial charge in [0.1, 0.15) is 5.82 Å². The number of carbonyl (C=O) groups is 1. The zero-order chi connectivity index (χ0) is 20.1. The normalized spacial score (nSPS) is 13.6. The Labute approximate surface area is 179 Å². The molecule has 1 aliphatic rings. The summed E-state index contributed by atoms with van der Waals surface area (Å²) >= 11 is 7.57. The Morgan fingerprint density at radius 2 is 2.00 bits per heavy atom. The summed E-state index contributed by atoms with van der Waals surface area (Å²) in [7, 11) is 0. The van der Waals surface area contributed by atoms with E-state index in [-0.39, 0.29) is 5.91 Å². The SMILES string of the molecule is O=C(CSCc1cccc(Cl)c1)Nc1cccc(-c2nnc3n2CCCCC3)c1. The van der Waals surface area contributed by atoms with Crippen molar-refractivity contribution < 1.29 is 4.79 Å². The van der Waals surface area contributed by atoms with Crippen LogP contribution in [0.3, 0.4) is 0 Å². The zero-order valence-electron chi connectivity index (χ0n) is 16.1. The third-order valence-electron chi connectivity index (χ3n) is 4.90. The number of nitrogens with one attached hydrogen (secondary N) is 1. The van der Waals surface area contributed by atoms with Gasteiger partial charge in [0.2, 0.25) is 5.91 Å². The first-order chi connectivity index (χ1) is 14.2. The van der Waals surface area contributed by atoms with Gasteiger partial charge in [0.05, 0.1) is 5.75 Å². The van der Waals surface area contributed by atoms with Gasteiger partial charge in [0, 0.05) is 35.0 Å². The maximum absolute atomic E-state index is 12.4. The fourth-order valence-electron chi connectivity index (χ4n) is 3.52. The summed E-state index contributed by atoms with van der Waals surface area (Å²) in [5.41, 5.74) is 2.88. The predicted molar refractivity (Wildman–Crippen MR) is 119 cm³/mol. The smallest absolute Gasteiger partial charge is 0.234 e. The second kappa shape index (κ2) is 9.46. The molecule has 0 saturated heterocycles. The lowest BCUT2D eigenvalue weighted by molar-refractivity contribution is -0.113. The summed E-state index contributed by atoms with van der Waals surface area (Å²) in [5, 5.41) is 12.5. The van der Waals surface area contributed by atoms with E-state index in [9.17, 15) is 4.79 Å². The lowest BCUT2D eigenvalue weighted by Gasteiger charge is -2.09. The Morgan fingerprint density at radius 3 is 2.90 bits per heavy atom. The summed E-state index contributed by atoms with van der Waals surface area (Å²) in [6.07, 6.45) is 4.53. The van der Waals surface area contributed by atoms with Crippen molar-refractivity contribution >= 4 is 35.0 Å². The molecule has 2 aromatic carbocycles. The van der Waals surface area contributed by atoms with Gasteiger partial charge in [-0.3, -0.25) is 4.79 Å². The van der Waals surface area contributed by atoms with Gasteiger partial charge < -0.3 is 9.88 Å². The lowest BCUT2D eigenvalue weighted by atomic mass is 10.2. The summed E-state index contributed by atoms with van der Waals surface area (Å²) in [6.45, 7) is 0.953. The number of aryl methyl sites for hydroxylation is 1.